The predicted octanol–water partition coefficient (Wildman–Crippen LogP) is 2.94. The first kappa shape index (κ1) is 18.2. The number of benzene rings is 1. The molecular formula is C20H22O6. The second kappa shape index (κ2) is 5.71. The fourth-order valence-corrected chi connectivity index (χ4v) is 4.03. The van der Waals surface area contributed by atoms with Crippen LogP contribution >= 0.6 is 0 Å². The summed E-state index contributed by atoms with van der Waals surface area (Å²) in [5.74, 6) is -2.79. The van der Waals surface area contributed by atoms with Crippen LogP contribution in [0.1, 0.15) is 54.2 Å². The monoisotopic (exact) mass is 358 g/mol. The number of rotatable bonds is 3. The average molecular weight is 358 g/mol. The molecule has 2 aliphatic rings. The normalized spacial score (nSPS) is 24.6. The Kier molecular flexibility index (Phi) is 3.99. The van der Waals surface area contributed by atoms with E-state index in [0.717, 1.165) is 0 Å². The first-order chi connectivity index (χ1) is 12.1. The molecule has 0 saturated heterocycles. The van der Waals surface area contributed by atoms with Crippen molar-refractivity contribution in [2.45, 2.75) is 45.8 Å². The Bertz CT molecular complexity index is 892. The van der Waals surface area contributed by atoms with Gasteiger partial charge in [-0.15, -0.1) is 6.58 Å². The van der Waals surface area contributed by atoms with Crippen LogP contribution in [0.3, 0.4) is 0 Å². The molecule has 6 heteroatoms. The zero-order valence-corrected chi connectivity index (χ0v) is 15.2. The third kappa shape index (κ3) is 2.08. The quantitative estimate of drug-likeness (QED) is 0.567. The maximum absolute atomic E-state index is 12.8. The first-order valence-electron chi connectivity index (χ1n) is 8.46. The smallest absolute Gasteiger partial charge is 0.234 e. The Morgan fingerprint density at radius 1 is 1.23 bits per heavy atom. The summed E-state index contributed by atoms with van der Waals surface area (Å²) in [5.41, 5.74) is -0.269. The third-order valence-corrected chi connectivity index (χ3v) is 5.34. The number of carbonyl (C=O) groups excluding carboxylic acids is 2. The maximum Gasteiger partial charge on any atom is 0.234 e. The Morgan fingerprint density at radius 3 is 2.38 bits per heavy atom. The van der Waals surface area contributed by atoms with Gasteiger partial charge < -0.3 is 20.1 Å². The Hall–Kier alpha value is -2.60. The summed E-state index contributed by atoms with van der Waals surface area (Å²) in [4.78, 5) is 25.3. The van der Waals surface area contributed by atoms with Gasteiger partial charge in [0.15, 0.2) is 11.5 Å². The highest BCUT2D eigenvalue weighted by atomic mass is 16.6. The number of ketones is 2. The van der Waals surface area contributed by atoms with Gasteiger partial charge in [-0.1, -0.05) is 19.9 Å². The van der Waals surface area contributed by atoms with E-state index in [1.807, 2.05) is 0 Å². The molecule has 2 unspecified atom stereocenters. The molecule has 0 radical (unpaired) electrons. The lowest BCUT2D eigenvalue weighted by molar-refractivity contribution is -0.112. The van der Waals surface area contributed by atoms with E-state index in [0.29, 0.717) is 17.5 Å². The first-order valence-corrected chi connectivity index (χ1v) is 8.46. The van der Waals surface area contributed by atoms with Gasteiger partial charge in [-0.2, -0.15) is 0 Å². The highest BCUT2D eigenvalue weighted by Gasteiger charge is 2.50. The number of hydrogen-bond acceptors (Lipinski definition) is 6. The summed E-state index contributed by atoms with van der Waals surface area (Å²) >= 11 is 0. The summed E-state index contributed by atoms with van der Waals surface area (Å²) in [6.45, 7) is 10.4. The maximum atomic E-state index is 12.8. The Morgan fingerprint density at radius 2 is 1.85 bits per heavy atom. The van der Waals surface area contributed by atoms with Gasteiger partial charge in [0, 0.05) is 16.7 Å². The molecule has 1 aliphatic heterocycles. The standard InChI is InChI=1S/C20H22O6/c1-6-7-20(5)13-9(4)11-12(17(24)18(13)26-19(20)25)14(21)10(8(2)3)15(22)16(11)23/h6,8,19,21,24-25H,1,7H2,2-5H3. The van der Waals surface area contributed by atoms with Crippen molar-refractivity contribution in [1.82, 2.24) is 0 Å². The fraction of sp³-hybridized carbons (Fsp3) is 0.400. The van der Waals surface area contributed by atoms with E-state index in [9.17, 15) is 24.9 Å². The molecule has 138 valence electrons. The molecule has 26 heavy (non-hydrogen) atoms. The van der Waals surface area contributed by atoms with Crippen LogP contribution < -0.4 is 4.74 Å². The summed E-state index contributed by atoms with van der Waals surface area (Å²) in [5, 5.41) is 31.8. The summed E-state index contributed by atoms with van der Waals surface area (Å²) in [6.07, 6.45) is 0.686. The van der Waals surface area contributed by atoms with Gasteiger partial charge in [0.25, 0.3) is 0 Å². The largest absolute Gasteiger partial charge is 0.507 e. The number of Topliss-reactive ketones (excluding diaryl/α,β-unsaturated/α-hetero) is 2. The van der Waals surface area contributed by atoms with Crippen LogP contribution in [0.15, 0.2) is 18.2 Å². The molecular weight excluding hydrogens is 336 g/mol. The summed E-state index contributed by atoms with van der Waals surface area (Å²) < 4.78 is 5.49. The molecule has 1 aromatic carbocycles. The molecule has 2 atom stereocenters. The topological polar surface area (TPSA) is 104 Å². The van der Waals surface area contributed by atoms with Crippen molar-refractivity contribution in [3.8, 4) is 11.5 Å². The molecule has 1 heterocycles. The van der Waals surface area contributed by atoms with Crippen LogP contribution in [-0.2, 0) is 10.2 Å². The molecule has 3 N–H and O–H groups in total. The number of allylic oxidation sites excluding steroid dienone is 2. The summed E-state index contributed by atoms with van der Waals surface area (Å²) in [6, 6.07) is 0. The van der Waals surface area contributed by atoms with Gasteiger partial charge >= 0.3 is 0 Å². The molecule has 0 amide bonds. The number of aromatic hydroxyl groups is 1. The van der Waals surface area contributed by atoms with E-state index in [4.69, 9.17) is 4.74 Å². The SMILES string of the molecule is C=CCC1(C)c2c(C)c3c(c(O)c2OC1O)C(O)=C(C(C)C)C(=O)C3=O. The van der Waals surface area contributed by atoms with E-state index in [1.165, 1.54) is 0 Å². The van der Waals surface area contributed by atoms with E-state index in [2.05, 4.69) is 6.58 Å². The van der Waals surface area contributed by atoms with Gasteiger partial charge in [0.1, 0.15) is 5.76 Å². The number of ether oxygens (including phenoxy) is 1. The third-order valence-electron chi connectivity index (χ3n) is 5.34. The molecule has 0 aromatic heterocycles. The van der Waals surface area contributed by atoms with Crippen LogP contribution in [-0.4, -0.2) is 33.2 Å². The number of phenols is 1. The number of fused-ring (bicyclic) bond motifs is 2. The lowest BCUT2D eigenvalue weighted by atomic mass is 9.73. The highest BCUT2D eigenvalue weighted by molar-refractivity contribution is 6.52. The van der Waals surface area contributed by atoms with Crippen LogP contribution in [0.5, 0.6) is 11.5 Å². The summed E-state index contributed by atoms with van der Waals surface area (Å²) in [7, 11) is 0. The van der Waals surface area contributed by atoms with Crippen molar-refractivity contribution in [3.05, 3.63) is 40.5 Å². The van der Waals surface area contributed by atoms with Crippen molar-refractivity contribution in [2.24, 2.45) is 5.92 Å². The number of aliphatic hydroxyl groups is 2. The molecule has 0 bridgehead atoms. The minimum absolute atomic E-state index is 0.0231. The van der Waals surface area contributed by atoms with Gasteiger partial charge in [0.2, 0.25) is 17.9 Å². The lowest BCUT2D eigenvalue weighted by Crippen LogP contribution is -2.35. The number of aliphatic hydroxyl groups excluding tert-OH is 2. The van der Waals surface area contributed by atoms with Gasteiger partial charge in [-0.05, 0) is 31.7 Å². The number of hydrogen-bond donors (Lipinski definition) is 3. The number of phenolic OH excluding ortho intramolecular Hbond substituents is 1. The Labute approximate surface area is 151 Å². The fourth-order valence-electron chi connectivity index (χ4n) is 4.03. The van der Waals surface area contributed by atoms with Crippen LogP contribution in [0, 0.1) is 12.8 Å². The molecule has 3 rings (SSSR count). The van der Waals surface area contributed by atoms with Crippen molar-refractivity contribution >= 4 is 17.3 Å². The molecule has 6 nitrogen and oxygen atoms in total. The zero-order chi connectivity index (χ0) is 19.5. The average Bonchev–Trinajstić information content (AvgIpc) is 2.81. The van der Waals surface area contributed by atoms with Crippen molar-refractivity contribution in [1.29, 1.82) is 0 Å². The van der Waals surface area contributed by atoms with E-state index in [-0.39, 0.29) is 22.4 Å². The highest BCUT2D eigenvalue weighted by Crippen LogP contribution is 2.55. The molecule has 1 aliphatic carbocycles. The van der Waals surface area contributed by atoms with Gasteiger partial charge in [-0.3, -0.25) is 9.59 Å². The van der Waals surface area contributed by atoms with E-state index in [1.54, 1.807) is 33.8 Å². The van der Waals surface area contributed by atoms with Crippen molar-refractivity contribution in [2.75, 3.05) is 0 Å². The minimum atomic E-state index is -1.26. The second-order valence-electron chi connectivity index (χ2n) is 7.38. The molecule has 0 spiro atoms. The van der Waals surface area contributed by atoms with Crippen molar-refractivity contribution < 1.29 is 29.6 Å². The van der Waals surface area contributed by atoms with Crippen LogP contribution in [0.2, 0.25) is 0 Å². The van der Waals surface area contributed by atoms with Crippen molar-refractivity contribution in [3.63, 3.8) is 0 Å². The lowest BCUT2D eigenvalue weighted by Gasteiger charge is -2.28. The van der Waals surface area contributed by atoms with Gasteiger partial charge in [0.05, 0.1) is 11.0 Å². The molecule has 1 aromatic rings. The predicted molar refractivity (Wildman–Crippen MR) is 95.4 cm³/mol. The molecule has 0 fully saturated rings. The van der Waals surface area contributed by atoms with E-state index < -0.39 is 40.7 Å². The minimum Gasteiger partial charge on any atom is -0.507 e. The van der Waals surface area contributed by atoms with E-state index >= 15 is 0 Å². The Balaban J connectivity index is 2.43. The second-order valence-corrected chi connectivity index (χ2v) is 7.38. The van der Waals surface area contributed by atoms with Gasteiger partial charge in [-0.25, -0.2) is 0 Å². The molecule has 0 saturated carbocycles. The van der Waals surface area contributed by atoms with Crippen LogP contribution in [0.25, 0.3) is 5.76 Å². The van der Waals surface area contributed by atoms with Crippen LogP contribution in [0.4, 0.5) is 0 Å². The zero-order valence-electron chi connectivity index (χ0n) is 15.2. The number of carbonyl (C=O) groups is 2.